The number of hydrogen-bond donors (Lipinski definition) is 2. The number of hydrogen-bond acceptors (Lipinski definition) is 2. The van der Waals surface area contributed by atoms with Gasteiger partial charge in [0.15, 0.2) is 0 Å². The molecule has 2 rings (SSSR count). The monoisotopic (exact) mass is 482 g/mol. The number of alkyl halides is 5. The van der Waals surface area contributed by atoms with E-state index in [1.807, 2.05) is 0 Å². The number of aryl methyl sites for hydroxylation is 1. The van der Waals surface area contributed by atoms with Crippen LogP contribution in [0.25, 0.3) is 0 Å². The van der Waals surface area contributed by atoms with Gasteiger partial charge in [-0.2, -0.15) is 22.0 Å². The third-order valence-electron chi connectivity index (χ3n) is 4.18. The fraction of sp³-hybridized carbons (Fsp3) is 0.300. The second kappa shape index (κ2) is 9.00. The Morgan fingerprint density at radius 2 is 1.58 bits per heavy atom. The highest BCUT2D eigenvalue weighted by molar-refractivity contribution is 6.44. The van der Waals surface area contributed by atoms with Crippen LogP contribution in [0.1, 0.15) is 45.7 Å². The van der Waals surface area contributed by atoms with Crippen molar-refractivity contribution in [1.29, 1.82) is 0 Å². The molecule has 0 aromatic heterocycles. The van der Waals surface area contributed by atoms with Crippen molar-refractivity contribution in [2.24, 2.45) is 0 Å². The van der Waals surface area contributed by atoms with Crippen LogP contribution in [0.3, 0.4) is 0 Å². The molecule has 0 heterocycles. The van der Waals surface area contributed by atoms with Gasteiger partial charge in [0.2, 0.25) is 0 Å². The maximum absolute atomic E-state index is 13.5. The van der Waals surface area contributed by atoms with E-state index in [9.17, 15) is 31.5 Å². The molecule has 0 spiro atoms. The van der Waals surface area contributed by atoms with Crippen molar-refractivity contribution in [3.05, 3.63) is 62.6 Å². The molecule has 0 saturated carbocycles. The number of anilines is 1. The molecule has 11 heteroatoms. The van der Waals surface area contributed by atoms with Crippen LogP contribution in [0.2, 0.25) is 10.0 Å². The van der Waals surface area contributed by atoms with E-state index in [4.69, 9.17) is 23.2 Å². The van der Waals surface area contributed by atoms with Gasteiger partial charge in [-0.25, -0.2) is 0 Å². The molecule has 2 aromatic rings. The molecule has 2 N–H and O–H groups in total. The van der Waals surface area contributed by atoms with Gasteiger partial charge in [0, 0.05) is 17.3 Å². The van der Waals surface area contributed by atoms with Gasteiger partial charge in [0.25, 0.3) is 11.8 Å². The molecule has 0 bridgehead atoms. The fourth-order valence-corrected chi connectivity index (χ4v) is 3.06. The highest BCUT2D eigenvalue weighted by atomic mass is 35.5. The average molecular weight is 483 g/mol. The summed E-state index contributed by atoms with van der Waals surface area (Å²) in [6.07, 6.45) is -5.76. The maximum Gasteiger partial charge on any atom is 0.458 e. The number of carbonyl (C=O) groups excluding carboxylic acids is 2. The molecule has 0 atom stereocenters. The molecule has 0 unspecified atom stereocenters. The normalized spacial score (nSPS) is 12.1. The largest absolute Gasteiger partial charge is 0.458 e. The summed E-state index contributed by atoms with van der Waals surface area (Å²) in [6, 6.07) is 4.39. The summed E-state index contributed by atoms with van der Waals surface area (Å²) in [7, 11) is 0. The Hall–Kier alpha value is -2.39. The molecular formula is C20H17Cl2F5N2O2. The first-order valence-electron chi connectivity index (χ1n) is 8.82. The smallest absolute Gasteiger partial charge is 0.350 e. The molecule has 0 radical (unpaired) electrons. The van der Waals surface area contributed by atoms with E-state index < -0.39 is 29.5 Å². The lowest BCUT2D eigenvalue weighted by atomic mass is 10.0. The third kappa shape index (κ3) is 5.27. The predicted molar refractivity (Wildman–Crippen MR) is 108 cm³/mol. The van der Waals surface area contributed by atoms with Crippen LogP contribution >= 0.6 is 23.2 Å². The molecular weight excluding hydrogens is 466 g/mol. The van der Waals surface area contributed by atoms with Crippen LogP contribution in [-0.2, 0) is 5.92 Å². The fourth-order valence-electron chi connectivity index (χ4n) is 2.65. The highest BCUT2D eigenvalue weighted by Crippen LogP contribution is 2.44. The van der Waals surface area contributed by atoms with Crippen molar-refractivity contribution in [2.45, 2.75) is 38.9 Å². The first kappa shape index (κ1) is 24.9. The zero-order valence-corrected chi connectivity index (χ0v) is 17.9. The molecule has 0 fully saturated rings. The highest BCUT2D eigenvalue weighted by Gasteiger charge is 2.58. The summed E-state index contributed by atoms with van der Waals surface area (Å²) in [6.45, 7) is 4.64. The minimum Gasteiger partial charge on any atom is -0.350 e. The van der Waals surface area contributed by atoms with Crippen molar-refractivity contribution in [2.75, 3.05) is 5.32 Å². The van der Waals surface area contributed by atoms with Gasteiger partial charge in [-0.3, -0.25) is 9.59 Å². The first-order valence-corrected chi connectivity index (χ1v) is 9.58. The Kier molecular flexibility index (Phi) is 7.22. The van der Waals surface area contributed by atoms with Crippen LogP contribution in [0, 0.1) is 6.92 Å². The molecule has 0 aliphatic rings. The standard InChI is InChI=1S/C20H17Cl2F5N2O2/c1-9(2)28-18(31)15-12(5-6-13(21)16(15)22)17(30)29-14-7-4-11(8-10(14)3)19(23,24)20(25,26)27/h4-9H,1-3H3,(H,28,31)(H,29,30). The molecule has 0 aliphatic carbocycles. The third-order valence-corrected chi connectivity index (χ3v) is 4.98. The van der Waals surface area contributed by atoms with Gasteiger partial charge in [-0.15, -0.1) is 0 Å². The van der Waals surface area contributed by atoms with E-state index >= 15 is 0 Å². The lowest BCUT2D eigenvalue weighted by Gasteiger charge is -2.21. The van der Waals surface area contributed by atoms with Gasteiger partial charge < -0.3 is 10.6 Å². The number of nitrogens with one attached hydrogen (secondary N) is 2. The zero-order chi connectivity index (χ0) is 23.7. The van der Waals surface area contributed by atoms with Gasteiger partial charge in [-0.05, 0) is 50.6 Å². The Balaban J connectivity index is 2.41. The van der Waals surface area contributed by atoms with Crippen molar-refractivity contribution >= 4 is 40.7 Å². The molecule has 4 nitrogen and oxygen atoms in total. The summed E-state index contributed by atoms with van der Waals surface area (Å²) < 4.78 is 64.8. The number of carbonyl (C=O) groups is 2. The molecule has 2 amide bonds. The minimum atomic E-state index is -5.76. The lowest BCUT2D eigenvalue weighted by Crippen LogP contribution is -2.33. The lowest BCUT2D eigenvalue weighted by molar-refractivity contribution is -0.289. The number of amides is 2. The van der Waals surface area contributed by atoms with E-state index in [-0.39, 0.29) is 38.5 Å². The summed E-state index contributed by atoms with van der Waals surface area (Å²) in [5, 5.41) is 4.84. The van der Waals surface area contributed by atoms with Crippen molar-refractivity contribution in [3.8, 4) is 0 Å². The Morgan fingerprint density at radius 3 is 2.10 bits per heavy atom. The Bertz CT molecular complexity index is 1020. The topological polar surface area (TPSA) is 58.2 Å². The van der Waals surface area contributed by atoms with Crippen LogP contribution < -0.4 is 10.6 Å². The van der Waals surface area contributed by atoms with Crippen molar-refractivity contribution < 1.29 is 31.5 Å². The van der Waals surface area contributed by atoms with Gasteiger partial charge in [0.05, 0.1) is 21.2 Å². The Morgan fingerprint density at radius 1 is 0.968 bits per heavy atom. The first-order chi connectivity index (χ1) is 14.2. The average Bonchev–Trinajstić information content (AvgIpc) is 2.63. The number of halogens is 7. The molecule has 0 saturated heterocycles. The summed E-state index contributed by atoms with van der Waals surface area (Å²) >= 11 is 12.1. The second-order valence-electron chi connectivity index (χ2n) is 6.97. The predicted octanol–water partition coefficient (Wildman–Crippen LogP) is 6.35. The molecule has 2 aromatic carbocycles. The number of rotatable bonds is 5. The van der Waals surface area contributed by atoms with E-state index in [2.05, 4.69) is 10.6 Å². The van der Waals surface area contributed by atoms with E-state index in [0.717, 1.165) is 6.07 Å². The number of benzene rings is 2. The van der Waals surface area contributed by atoms with Crippen LogP contribution in [0.15, 0.2) is 30.3 Å². The molecule has 0 aliphatic heterocycles. The molecule has 168 valence electrons. The quantitative estimate of drug-likeness (QED) is 0.488. The van der Waals surface area contributed by atoms with Crippen LogP contribution in [-0.4, -0.2) is 24.0 Å². The second-order valence-corrected chi connectivity index (χ2v) is 7.75. The van der Waals surface area contributed by atoms with Gasteiger partial charge in [0.1, 0.15) is 0 Å². The van der Waals surface area contributed by atoms with Crippen molar-refractivity contribution in [1.82, 2.24) is 5.32 Å². The zero-order valence-electron chi connectivity index (χ0n) is 16.4. The van der Waals surface area contributed by atoms with E-state index in [0.29, 0.717) is 12.1 Å². The SMILES string of the molecule is Cc1cc(C(F)(F)C(F)(F)F)ccc1NC(=O)c1ccc(Cl)c(Cl)c1C(=O)NC(C)C. The van der Waals surface area contributed by atoms with Crippen LogP contribution in [0.5, 0.6) is 0 Å². The maximum atomic E-state index is 13.5. The Labute approximate surface area is 184 Å². The molecule has 31 heavy (non-hydrogen) atoms. The van der Waals surface area contributed by atoms with Crippen LogP contribution in [0.4, 0.5) is 27.6 Å². The summed E-state index contributed by atoms with van der Waals surface area (Å²) in [5.74, 6) is -6.54. The summed E-state index contributed by atoms with van der Waals surface area (Å²) in [5.41, 5.74) is -1.67. The van der Waals surface area contributed by atoms with E-state index in [1.54, 1.807) is 13.8 Å². The van der Waals surface area contributed by atoms with Crippen molar-refractivity contribution in [3.63, 3.8) is 0 Å². The van der Waals surface area contributed by atoms with Gasteiger partial charge >= 0.3 is 12.1 Å². The van der Waals surface area contributed by atoms with Gasteiger partial charge in [-0.1, -0.05) is 29.3 Å². The minimum absolute atomic E-state index is 0.0204. The summed E-state index contributed by atoms with van der Waals surface area (Å²) in [4.78, 5) is 25.3. The van der Waals surface area contributed by atoms with E-state index in [1.165, 1.54) is 19.1 Å².